The van der Waals surface area contributed by atoms with Crippen LogP contribution in [-0.4, -0.2) is 41.0 Å². The first-order valence-corrected chi connectivity index (χ1v) is 11.7. The number of anilines is 1. The maximum atomic E-state index is 13.5. The third kappa shape index (κ3) is 3.73. The summed E-state index contributed by atoms with van der Waals surface area (Å²) < 4.78 is 5.33. The summed E-state index contributed by atoms with van der Waals surface area (Å²) in [5.41, 5.74) is 4.41. The van der Waals surface area contributed by atoms with E-state index in [0.29, 0.717) is 0 Å². The summed E-state index contributed by atoms with van der Waals surface area (Å²) in [6.45, 7) is 2.91. The van der Waals surface area contributed by atoms with E-state index in [1.807, 2.05) is 30.3 Å². The Hall–Kier alpha value is -3.41. The van der Waals surface area contributed by atoms with Crippen molar-refractivity contribution in [3.05, 3.63) is 83.3 Å². The quantitative estimate of drug-likeness (QED) is 0.526. The molecule has 1 amide bonds. The predicted molar refractivity (Wildman–Crippen MR) is 128 cm³/mol. The lowest BCUT2D eigenvalue weighted by molar-refractivity contribution is -0.154. The molecule has 170 valence electrons. The maximum absolute atomic E-state index is 13.5. The average Bonchev–Trinajstić information content (AvgIpc) is 2.99. The number of aryl methyl sites for hydroxylation is 1. The molecule has 1 aromatic heterocycles. The fourth-order valence-electron chi connectivity index (χ4n) is 5.36. The van der Waals surface area contributed by atoms with Gasteiger partial charge >= 0.3 is 0 Å². The number of carbonyl (C=O) groups excluding carboxylic acids is 1. The van der Waals surface area contributed by atoms with E-state index in [0.717, 1.165) is 54.2 Å². The third-order valence-corrected chi connectivity index (χ3v) is 7.06. The van der Waals surface area contributed by atoms with Gasteiger partial charge in [0.2, 0.25) is 5.91 Å². The molecule has 2 aliphatic rings. The molecule has 0 bridgehead atoms. The van der Waals surface area contributed by atoms with Gasteiger partial charge in [-0.05, 0) is 42.5 Å². The van der Waals surface area contributed by atoms with Gasteiger partial charge in [0.25, 0.3) is 0 Å². The summed E-state index contributed by atoms with van der Waals surface area (Å²) >= 11 is 0. The van der Waals surface area contributed by atoms with E-state index in [4.69, 9.17) is 14.7 Å². The molecule has 3 aromatic rings. The number of ether oxygens (including phenoxy) is 1. The zero-order chi connectivity index (χ0) is 22.9. The van der Waals surface area contributed by atoms with Crippen LogP contribution in [0, 0.1) is 0 Å². The fraction of sp³-hybridized carbons (Fsp3) is 0.370. The van der Waals surface area contributed by atoms with Crippen LogP contribution in [0.2, 0.25) is 0 Å². The van der Waals surface area contributed by atoms with E-state index in [2.05, 4.69) is 48.0 Å². The van der Waals surface area contributed by atoms with Gasteiger partial charge in [0.1, 0.15) is 17.9 Å². The smallest absolute Gasteiger partial charge is 0.233 e. The van der Waals surface area contributed by atoms with Crippen molar-refractivity contribution in [2.75, 3.05) is 19.1 Å². The summed E-state index contributed by atoms with van der Waals surface area (Å²) in [5, 5.41) is 0. The largest absolute Gasteiger partial charge is 0.497 e. The van der Waals surface area contributed by atoms with Gasteiger partial charge in [-0.15, -0.1) is 0 Å². The number of β-lactam (4-membered cyclic amide) rings is 1. The summed E-state index contributed by atoms with van der Waals surface area (Å²) in [6, 6.07) is 18.5. The number of hydrogen-bond acceptors (Lipinski definition) is 5. The van der Waals surface area contributed by atoms with Crippen LogP contribution in [0.25, 0.3) is 0 Å². The molecule has 0 N–H and O–H groups in total. The second kappa shape index (κ2) is 8.85. The predicted octanol–water partition coefficient (Wildman–Crippen LogP) is 4.51. The number of aromatic nitrogens is 2. The van der Waals surface area contributed by atoms with Crippen LogP contribution in [0.5, 0.6) is 5.75 Å². The standard InChI is InChI=1S/C27H30N4O2/c1-4-20-12-15-22-24(26(29-17-28-22)30(2)16-18-8-6-5-7-9-18)25-23(27(32)31(20)25)19-10-13-21(33-3)14-11-19/h5-11,13-14,17,20,23,25H,4,12,15-16H2,1-3H3/t20-,23+,25-/m1/s1. The first kappa shape index (κ1) is 21.4. The second-order valence-corrected chi connectivity index (χ2v) is 8.94. The minimum absolute atomic E-state index is 0.0530. The van der Waals surface area contributed by atoms with Crippen LogP contribution in [0.1, 0.15) is 54.1 Å². The number of benzene rings is 2. The monoisotopic (exact) mass is 442 g/mol. The Morgan fingerprint density at radius 1 is 1.09 bits per heavy atom. The van der Waals surface area contributed by atoms with E-state index in [1.165, 1.54) is 5.56 Å². The van der Waals surface area contributed by atoms with E-state index < -0.39 is 0 Å². The van der Waals surface area contributed by atoms with Gasteiger partial charge in [-0.2, -0.15) is 0 Å². The van der Waals surface area contributed by atoms with Crippen molar-refractivity contribution in [1.82, 2.24) is 14.9 Å². The van der Waals surface area contributed by atoms with Crippen molar-refractivity contribution < 1.29 is 9.53 Å². The van der Waals surface area contributed by atoms with E-state index >= 15 is 0 Å². The third-order valence-electron chi connectivity index (χ3n) is 7.06. The lowest BCUT2D eigenvalue weighted by atomic mass is 9.76. The molecular weight excluding hydrogens is 412 g/mol. The molecule has 3 atom stereocenters. The molecule has 33 heavy (non-hydrogen) atoms. The summed E-state index contributed by atoms with van der Waals surface area (Å²) in [6.07, 6.45) is 4.40. The van der Waals surface area contributed by atoms with Crippen molar-refractivity contribution in [3.63, 3.8) is 0 Å². The average molecular weight is 443 g/mol. The molecule has 1 fully saturated rings. The number of rotatable bonds is 6. The Balaban J connectivity index is 1.57. The van der Waals surface area contributed by atoms with E-state index in [1.54, 1.807) is 13.4 Å². The zero-order valence-corrected chi connectivity index (χ0v) is 19.4. The molecule has 0 radical (unpaired) electrons. The molecule has 3 heterocycles. The molecule has 2 aromatic carbocycles. The van der Waals surface area contributed by atoms with Crippen LogP contribution in [0.3, 0.4) is 0 Å². The molecular formula is C27H30N4O2. The molecule has 5 rings (SSSR count). The number of nitrogens with zero attached hydrogens (tertiary/aromatic N) is 4. The molecule has 6 heteroatoms. The normalized spacial score (nSPS) is 21.5. The molecule has 0 spiro atoms. The van der Waals surface area contributed by atoms with Gasteiger partial charge < -0.3 is 14.5 Å². The summed E-state index contributed by atoms with van der Waals surface area (Å²) in [5.74, 6) is 1.69. The van der Waals surface area contributed by atoms with Crippen molar-refractivity contribution in [2.45, 2.75) is 50.7 Å². The maximum Gasteiger partial charge on any atom is 0.233 e. The lowest BCUT2D eigenvalue weighted by Gasteiger charge is -2.51. The van der Waals surface area contributed by atoms with Gasteiger partial charge in [0.05, 0.1) is 24.8 Å². The Morgan fingerprint density at radius 3 is 2.55 bits per heavy atom. The highest BCUT2D eigenvalue weighted by Crippen LogP contribution is 2.53. The number of fused-ring (bicyclic) bond motifs is 3. The van der Waals surface area contributed by atoms with Crippen molar-refractivity contribution in [2.24, 2.45) is 0 Å². The van der Waals surface area contributed by atoms with Gasteiger partial charge in [0.15, 0.2) is 0 Å². The van der Waals surface area contributed by atoms with Gasteiger partial charge in [-0.25, -0.2) is 9.97 Å². The lowest BCUT2D eigenvalue weighted by Crippen LogP contribution is -2.57. The SMILES string of the molecule is CC[C@@H]1CCc2ncnc(N(C)Cc3ccccc3)c2[C@H]2[C@H](c3ccc(OC)cc3)C(=O)N12. The van der Waals surface area contributed by atoms with Crippen molar-refractivity contribution in [1.29, 1.82) is 0 Å². The van der Waals surface area contributed by atoms with Crippen LogP contribution >= 0.6 is 0 Å². The number of amides is 1. The van der Waals surface area contributed by atoms with Gasteiger partial charge in [0, 0.05) is 25.2 Å². The Labute approximate surface area is 195 Å². The van der Waals surface area contributed by atoms with Crippen LogP contribution in [0.4, 0.5) is 5.82 Å². The summed E-state index contributed by atoms with van der Waals surface area (Å²) in [7, 11) is 3.73. The van der Waals surface area contributed by atoms with Crippen molar-refractivity contribution >= 4 is 11.7 Å². The molecule has 0 saturated carbocycles. The highest BCUT2D eigenvalue weighted by atomic mass is 16.5. The Morgan fingerprint density at radius 2 is 1.85 bits per heavy atom. The minimum Gasteiger partial charge on any atom is -0.497 e. The molecule has 2 aliphatic heterocycles. The number of methoxy groups -OCH3 is 1. The highest BCUT2D eigenvalue weighted by molar-refractivity contribution is 5.92. The first-order chi connectivity index (χ1) is 16.1. The Kier molecular flexibility index (Phi) is 5.75. The second-order valence-electron chi connectivity index (χ2n) is 8.94. The minimum atomic E-state index is -0.225. The molecule has 1 saturated heterocycles. The van der Waals surface area contributed by atoms with Crippen LogP contribution in [0.15, 0.2) is 60.9 Å². The van der Waals surface area contributed by atoms with E-state index in [9.17, 15) is 4.79 Å². The van der Waals surface area contributed by atoms with Crippen LogP contribution < -0.4 is 9.64 Å². The summed E-state index contributed by atoms with van der Waals surface area (Å²) in [4.78, 5) is 27.2. The van der Waals surface area contributed by atoms with Gasteiger partial charge in [-0.3, -0.25) is 4.79 Å². The number of hydrogen-bond donors (Lipinski definition) is 0. The topological polar surface area (TPSA) is 58.6 Å². The number of carbonyl (C=O) groups is 1. The molecule has 0 aliphatic carbocycles. The highest BCUT2D eigenvalue weighted by Gasteiger charge is 2.54. The van der Waals surface area contributed by atoms with E-state index in [-0.39, 0.29) is 23.9 Å². The fourth-order valence-corrected chi connectivity index (χ4v) is 5.36. The first-order valence-electron chi connectivity index (χ1n) is 11.7. The molecule has 0 unspecified atom stereocenters. The van der Waals surface area contributed by atoms with Gasteiger partial charge in [-0.1, -0.05) is 49.4 Å². The van der Waals surface area contributed by atoms with Crippen LogP contribution in [-0.2, 0) is 17.8 Å². The Bertz CT molecular complexity index is 1130. The van der Waals surface area contributed by atoms with Crippen molar-refractivity contribution in [3.8, 4) is 5.75 Å². The molecule has 6 nitrogen and oxygen atoms in total. The zero-order valence-electron chi connectivity index (χ0n) is 19.4.